The second-order valence-electron chi connectivity index (χ2n) is 9.73. The first kappa shape index (κ1) is 19.4. The van der Waals surface area contributed by atoms with E-state index in [1.807, 2.05) is 0 Å². The number of ether oxygens (including phenoxy) is 1. The van der Waals surface area contributed by atoms with Crippen molar-refractivity contribution >= 4 is 11.9 Å². The van der Waals surface area contributed by atoms with E-state index in [9.17, 15) is 9.59 Å². The highest BCUT2D eigenvalue weighted by Gasteiger charge is 2.61. The molecule has 1 amide bonds. The summed E-state index contributed by atoms with van der Waals surface area (Å²) in [6, 6.07) is 14.3. The number of amides is 1. The first-order valence-electron chi connectivity index (χ1n) is 11.0. The molecule has 30 heavy (non-hydrogen) atoms. The van der Waals surface area contributed by atoms with E-state index in [-0.39, 0.29) is 17.3 Å². The molecule has 4 saturated carbocycles. The van der Waals surface area contributed by atoms with Gasteiger partial charge in [0.15, 0.2) is 6.10 Å². The molecule has 0 saturated heterocycles. The summed E-state index contributed by atoms with van der Waals surface area (Å²) >= 11 is 0. The normalized spacial score (nSPS) is 32.6. The van der Waals surface area contributed by atoms with Crippen LogP contribution < -0.4 is 5.32 Å². The van der Waals surface area contributed by atoms with E-state index in [4.69, 9.17) is 9.15 Å². The van der Waals surface area contributed by atoms with Crippen molar-refractivity contribution in [3.63, 3.8) is 0 Å². The number of rotatable bonds is 6. The number of benzene rings is 1. The highest BCUT2D eigenvalue weighted by Crippen LogP contribution is 2.66. The Morgan fingerprint density at radius 2 is 1.83 bits per heavy atom. The minimum absolute atomic E-state index is 0.0785. The van der Waals surface area contributed by atoms with Crippen molar-refractivity contribution in [2.45, 2.75) is 63.5 Å². The minimum atomic E-state index is -0.812. The molecule has 5 heteroatoms. The van der Waals surface area contributed by atoms with Crippen LogP contribution in [0.2, 0.25) is 0 Å². The molecule has 0 spiro atoms. The van der Waals surface area contributed by atoms with Crippen LogP contribution in [-0.2, 0) is 26.3 Å². The Kier molecular flexibility index (Phi) is 4.72. The average Bonchev–Trinajstić information content (AvgIpc) is 3.25. The second-order valence-corrected chi connectivity index (χ2v) is 9.73. The lowest BCUT2D eigenvalue weighted by molar-refractivity contribution is -0.180. The number of furan rings is 1. The summed E-state index contributed by atoms with van der Waals surface area (Å²) in [5.41, 5.74) is 0.991. The van der Waals surface area contributed by atoms with E-state index in [1.54, 1.807) is 25.3 Å². The van der Waals surface area contributed by atoms with E-state index in [1.165, 1.54) is 24.8 Å². The van der Waals surface area contributed by atoms with Gasteiger partial charge < -0.3 is 14.5 Å². The molecule has 4 fully saturated rings. The Bertz CT molecular complexity index is 906. The first-order valence-corrected chi connectivity index (χ1v) is 11.0. The van der Waals surface area contributed by atoms with Crippen LogP contribution in [-0.4, -0.2) is 18.0 Å². The lowest BCUT2D eigenvalue weighted by Gasteiger charge is -2.61. The summed E-state index contributed by atoms with van der Waals surface area (Å²) < 4.78 is 11.0. The van der Waals surface area contributed by atoms with Gasteiger partial charge in [-0.15, -0.1) is 0 Å². The van der Waals surface area contributed by atoms with Gasteiger partial charge in [-0.05, 0) is 80.4 Å². The molecule has 2 unspecified atom stereocenters. The molecule has 2 aromatic rings. The summed E-state index contributed by atoms with van der Waals surface area (Å²) in [6.07, 6.45) is 6.96. The third kappa shape index (κ3) is 3.34. The van der Waals surface area contributed by atoms with Crippen LogP contribution in [0.5, 0.6) is 0 Å². The van der Waals surface area contributed by atoms with Crippen LogP contribution in [0.4, 0.5) is 0 Å². The Balaban J connectivity index is 1.30. The van der Waals surface area contributed by atoms with Crippen molar-refractivity contribution in [2.24, 2.45) is 17.3 Å². The molecule has 4 aliphatic carbocycles. The molecule has 158 valence electrons. The van der Waals surface area contributed by atoms with Crippen LogP contribution in [0, 0.1) is 17.3 Å². The molecule has 5 atom stereocenters. The van der Waals surface area contributed by atoms with Gasteiger partial charge in [0.25, 0.3) is 5.91 Å². The lowest BCUT2D eigenvalue weighted by Crippen LogP contribution is -2.57. The molecule has 1 aromatic heterocycles. The average molecular weight is 408 g/mol. The second kappa shape index (κ2) is 7.29. The fraction of sp³-hybridized carbons (Fsp3) is 0.520. The van der Waals surface area contributed by atoms with Crippen LogP contribution in [0.15, 0.2) is 53.1 Å². The number of carbonyl (C=O) groups is 2. The third-order valence-corrected chi connectivity index (χ3v) is 7.55. The molecule has 6 rings (SSSR count). The Morgan fingerprint density at radius 3 is 2.50 bits per heavy atom. The van der Waals surface area contributed by atoms with Crippen LogP contribution in [0.1, 0.15) is 56.8 Å². The smallest absolute Gasteiger partial charge is 0.312 e. The summed E-state index contributed by atoms with van der Waals surface area (Å²) in [4.78, 5) is 25.9. The fourth-order valence-corrected chi connectivity index (χ4v) is 6.70. The Labute approximate surface area is 177 Å². The summed E-state index contributed by atoms with van der Waals surface area (Å²) in [6.45, 7) is 1.95. The molecule has 4 aliphatic rings. The molecule has 1 heterocycles. The molecule has 5 nitrogen and oxygen atoms in total. The van der Waals surface area contributed by atoms with Gasteiger partial charge in [0.2, 0.25) is 0 Å². The van der Waals surface area contributed by atoms with Crippen molar-refractivity contribution in [1.82, 2.24) is 5.32 Å². The molecule has 4 bridgehead atoms. The van der Waals surface area contributed by atoms with Crippen molar-refractivity contribution in [2.75, 3.05) is 0 Å². The van der Waals surface area contributed by atoms with Crippen molar-refractivity contribution < 1.29 is 18.7 Å². The lowest BCUT2D eigenvalue weighted by atomic mass is 9.43. The number of esters is 1. The fourth-order valence-electron chi connectivity index (χ4n) is 6.70. The summed E-state index contributed by atoms with van der Waals surface area (Å²) in [5, 5.41) is 2.79. The SMILES string of the molecule is C[C@H](OC(=O)C12C[C@H]3C[C@@H](C1)CC(c1ccccc1)(C3)C2)C(=O)NCc1ccco1. The van der Waals surface area contributed by atoms with E-state index in [2.05, 4.69) is 35.6 Å². The monoisotopic (exact) mass is 407 g/mol. The molecular weight excluding hydrogens is 378 g/mol. The van der Waals surface area contributed by atoms with E-state index in [0.29, 0.717) is 24.1 Å². The first-order chi connectivity index (χ1) is 14.5. The molecule has 0 aliphatic heterocycles. The quantitative estimate of drug-likeness (QED) is 0.722. The Hall–Kier alpha value is -2.56. The molecule has 1 aromatic carbocycles. The van der Waals surface area contributed by atoms with E-state index in [0.717, 1.165) is 19.3 Å². The zero-order valence-corrected chi connectivity index (χ0v) is 17.4. The minimum Gasteiger partial charge on any atom is -0.467 e. The number of carbonyl (C=O) groups excluding carboxylic acids is 2. The molecule has 1 N–H and O–H groups in total. The van der Waals surface area contributed by atoms with Gasteiger partial charge in [-0.2, -0.15) is 0 Å². The number of hydrogen-bond acceptors (Lipinski definition) is 4. The predicted octanol–water partition coefficient (Wildman–Crippen LogP) is 4.37. The van der Waals surface area contributed by atoms with Crippen molar-refractivity contribution in [3.8, 4) is 0 Å². The Morgan fingerprint density at radius 1 is 1.10 bits per heavy atom. The van der Waals surface area contributed by atoms with Gasteiger partial charge in [0, 0.05) is 0 Å². The number of hydrogen-bond donors (Lipinski definition) is 1. The molecular formula is C25H29NO4. The standard InChI is InChI=1S/C25H29NO4/c1-17(22(27)26-15-21-8-5-9-29-21)30-23(28)25-13-18-10-19(14-25)12-24(11-18,16-25)20-6-3-2-4-7-20/h2-9,17-19H,10-16H2,1H3,(H,26,27)/t17-,18-,19+,24?,25?/m0/s1. The van der Waals surface area contributed by atoms with Crippen molar-refractivity contribution in [3.05, 3.63) is 60.1 Å². The zero-order valence-electron chi connectivity index (χ0n) is 17.4. The van der Waals surface area contributed by atoms with Gasteiger partial charge in [0.1, 0.15) is 5.76 Å². The van der Waals surface area contributed by atoms with E-state index >= 15 is 0 Å². The maximum atomic E-state index is 13.4. The highest BCUT2D eigenvalue weighted by molar-refractivity contribution is 5.85. The third-order valence-electron chi connectivity index (χ3n) is 7.55. The van der Waals surface area contributed by atoms with Crippen LogP contribution >= 0.6 is 0 Å². The summed E-state index contributed by atoms with van der Waals surface area (Å²) in [5.74, 6) is 1.34. The van der Waals surface area contributed by atoms with E-state index < -0.39 is 11.5 Å². The highest BCUT2D eigenvalue weighted by atomic mass is 16.5. The maximum absolute atomic E-state index is 13.4. The topological polar surface area (TPSA) is 68.5 Å². The van der Waals surface area contributed by atoms with Crippen LogP contribution in [0.25, 0.3) is 0 Å². The zero-order chi connectivity index (χ0) is 20.8. The van der Waals surface area contributed by atoms with Gasteiger partial charge in [0.05, 0.1) is 18.2 Å². The van der Waals surface area contributed by atoms with Gasteiger partial charge in [-0.3, -0.25) is 9.59 Å². The number of nitrogens with one attached hydrogen (secondary N) is 1. The van der Waals surface area contributed by atoms with Gasteiger partial charge in [-0.1, -0.05) is 30.3 Å². The predicted molar refractivity (Wildman–Crippen MR) is 111 cm³/mol. The van der Waals surface area contributed by atoms with Gasteiger partial charge in [-0.25, -0.2) is 0 Å². The summed E-state index contributed by atoms with van der Waals surface area (Å²) in [7, 11) is 0. The van der Waals surface area contributed by atoms with Gasteiger partial charge >= 0.3 is 5.97 Å². The maximum Gasteiger partial charge on any atom is 0.312 e. The molecule has 0 radical (unpaired) electrons. The largest absolute Gasteiger partial charge is 0.467 e. The van der Waals surface area contributed by atoms with Crippen LogP contribution in [0.3, 0.4) is 0 Å². The van der Waals surface area contributed by atoms with Crippen molar-refractivity contribution in [1.29, 1.82) is 0 Å².